The average Bonchev–Trinajstić information content (AvgIpc) is 4.12. The number of nitrogens with one attached hydrogen (secondary N) is 5. The van der Waals surface area contributed by atoms with Gasteiger partial charge in [-0.1, -0.05) is 97.6 Å². The molecular weight excluding hydrogens is 1100 g/mol. The SMILES string of the molecule is CCCOC(CC(C(C)C)N(CCC)C(=O)[C@@H](NC(=O)[C@H]1CCCCN1C)[C@@H](C)CC)c1nc(C(=O)N[C@@H](Cc2ccc(C)cc2)C[C@H](C)C(=O)NNC(=O)OCCOCCOCCOCCNC(=O)CCCCCN2C(=O)C=CC2=O)cs1. The number of benzene rings is 1. The van der Waals surface area contributed by atoms with Crippen molar-refractivity contribution in [3.63, 3.8) is 0 Å². The molecule has 3 heterocycles. The molecule has 0 radical (unpaired) electrons. The molecule has 8 amide bonds. The number of unbranched alkanes of at least 4 members (excludes halogenated alkanes) is 2. The molecule has 0 spiro atoms. The summed E-state index contributed by atoms with van der Waals surface area (Å²) in [5.41, 5.74) is 6.95. The van der Waals surface area contributed by atoms with Gasteiger partial charge in [-0.3, -0.25) is 48.8 Å². The minimum Gasteiger partial charge on any atom is -0.446 e. The molecule has 2 aliphatic heterocycles. The maximum atomic E-state index is 14.8. The lowest BCUT2D eigenvalue weighted by Gasteiger charge is -2.40. The maximum Gasteiger partial charge on any atom is 0.426 e. The van der Waals surface area contributed by atoms with Crippen molar-refractivity contribution < 1.29 is 62.0 Å². The Kier molecular flexibility index (Phi) is 32.8. The molecule has 0 aliphatic carbocycles. The molecule has 470 valence electrons. The summed E-state index contributed by atoms with van der Waals surface area (Å²) in [6.45, 7) is 20.0. The highest BCUT2D eigenvalue weighted by Gasteiger charge is 2.38. The highest BCUT2D eigenvalue weighted by atomic mass is 32.1. The summed E-state index contributed by atoms with van der Waals surface area (Å²) in [7, 11) is 1.97. The number of likely N-dealkylation sites (tertiary alicyclic amines) is 1. The lowest BCUT2D eigenvalue weighted by Crippen LogP contribution is -2.58. The summed E-state index contributed by atoms with van der Waals surface area (Å²) in [5, 5.41) is 11.5. The first-order valence-electron chi connectivity index (χ1n) is 30.4. The number of nitrogens with zero attached hydrogens (tertiary/aromatic N) is 4. The molecule has 1 saturated heterocycles. The van der Waals surface area contributed by atoms with Crippen molar-refractivity contribution in [2.24, 2.45) is 17.8 Å². The number of aromatic nitrogens is 1. The van der Waals surface area contributed by atoms with Crippen LogP contribution in [0.4, 0.5) is 4.79 Å². The number of piperidine rings is 1. The van der Waals surface area contributed by atoms with Crippen molar-refractivity contribution in [3.8, 4) is 0 Å². The first kappa shape index (κ1) is 70.6. The Bertz CT molecular complexity index is 2370. The number of hydrogen-bond donors (Lipinski definition) is 5. The monoisotopic (exact) mass is 1200 g/mol. The average molecular weight is 1200 g/mol. The Morgan fingerprint density at radius 2 is 1.48 bits per heavy atom. The summed E-state index contributed by atoms with van der Waals surface area (Å²) in [5.74, 6) is -2.51. The number of aryl methyl sites for hydroxylation is 1. The van der Waals surface area contributed by atoms with E-state index in [0.717, 1.165) is 56.2 Å². The van der Waals surface area contributed by atoms with Gasteiger partial charge < -0.3 is 44.5 Å². The van der Waals surface area contributed by atoms with E-state index in [1.807, 2.05) is 70.8 Å². The second-order valence-corrected chi connectivity index (χ2v) is 23.2. The van der Waals surface area contributed by atoms with Gasteiger partial charge in [0, 0.05) is 74.6 Å². The zero-order valence-electron chi connectivity index (χ0n) is 51.3. The highest BCUT2D eigenvalue weighted by Crippen LogP contribution is 2.32. The van der Waals surface area contributed by atoms with Crippen molar-refractivity contribution in [2.75, 3.05) is 86.1 Å². The molecular formula is C61H97N9O13S. The fraction of sp³-hybridized carbons (Fsp3) is 0.689. The van der Waals surface area contributed by atoms with Crippen molar-refractivity contribution in [2.45, 2.75) is 169 Å². The minimum absolute atomic E-state index is 0.0270. The fourth-order valence-electron chi connectivity index (χ4n) is 9.95. The first-order valence-corrected chi connectivity index (χ1v) is 31.3. The van der Waals surface area contributed by atoms with Gasteiger partial charge in [-0.2, -0.15) is 0 Å². The third kappa shape index (κ3) is 25.0. The van der Waals surface area contributed by atoms with Crippen LogP contribution in [0.1, 0.15) is 158 Å². The zero-order valence-corrected chi connectivity index (χ0v) is 52.2. The van der Waals surface area contributed by atoms with Crippen molar-refractivity contribution in [3.05, 3.63) is 63.6 Å². The second-order valence-electron chi connectivity index (χ2n) is 22.3. The molecule has 1 aromatic heterocycles. The molecule has 1 fully saturated rings. The number of imide groups is 1. The van der Waals surface area contributed by atoms with E-state index >= 15 is 0 Å². The van der Waals surface area contributed by atoms with Gasteiger partial charge in [-0.25, -0.2) is 15.2 Å². The Balaban J connectivity index is 1.21. The predicted octanol–water partition coefficient (Wildman–Crippen LogP) is 6.36. The van der Waals surface area contributed by atoms with Crippen molar-refractivity contribution in [1.29, 1.82) is 0 Å². The van der Waals surface area contributed by atoms with Crippen LogP contribution in [0.3, 0.4) is 0 Å². The smallest absolute Gasteiger partial charge is 0.426 e. The quantitative estimate of drug-likeness (QED) is 0.0276. The van der Waals surface area contributed by atoms with Gasteiger partial charge in [-0.05, 0) is 89.3 Å². The molecule has 0 saturated carbocycles. The number of carbonyl (C=O) groups is 8. The number of likely N-dealkylation sites (N-methyl/N-ethyl adjacent to an activating group) is 1. The molecule has 23 heteroatoms. The molecule has 84 heavy (non-hydrogen) atoms. The van der Waals surface area contributed by atoms with E-state index in [-0.39, 0.29) is 92.0 Å². The Morgan fingerprint density at radius 3 is 2.12 bits per heavy atom. The lowest BCUT2D eigenvalue weighted by molar-refractivity contribution is -0.143. The normalized spacial score (nSPS) is 16.6. The van der Waals surface area contributed by atoms with Gasteiger partial charge in [0.15, 0.2) is 0 Å². The number of hydrazine groups is 1. The Hall–Kier alpha value is -5.85. The number of carbonyl (C=O) groups excluding carboxylic acids is 8. The fourth-order valence-corrected chi connectivity index (χ4v) is 10.8. The molecule has 2 unspecified atom stereocenters. The lowest BCUT2D eigenvalue weighted by atomic mass is 9.92. The van der Waals surface area contributed by atoms with Gasteiger partial charge in [0.1, 0.15) is 29.5 Å². The van der Waals surface area contributed by atoms with Crippen LogP contribution in [0.15, 0.2) is 41.8 Å². The molecule has 4 rings (SSSR count). The predicted molar refractivity (Wildman–Crippen MR) is 320 cm³/mol. The zero-order chi connectivity index (χ0) is 61.4. The van der Waals surface area contributed by atoms with E-state index in [2.05, 4.69) is 45.5 Å². The van der Waals surface area contributed by atoms with E-state index in [1.165, 1.54) is 28.4 Å². The number of rotatable bonds is 40. The van der Waals surface area contributed by atoms with Crippen LogP contribution < -0.4 is 26.8 Å². The summed E-state index contributed by atoms with van der Waals surface area (Å²) in [4.78, 5) is 114. The van der Waals surface area contributed by atoms with Gasteiger partial charge in [-0.15, -0.1) is 11.3 Å². The number of amides is 8. The van der Waals surface area contributed by atoms with E-state index in [1.54, 1.807) is 12.3 Å². The van der Waals surface area contributed by atoms with E-state index in [0.29, 0.717) is 89.6 Å². The second kappa shape index (κ2) is 39.0. The Labute approximate surface area is 501 Å². The molecule has 7 atom stereocenters. The largest absolute Gasteiger partial charge is 0.446 e. The number of ether oxygens (including phenoxy) is 5. The van der Waals surface area contributed by atoms with Gasteiger partial charge >= 0.3 is 6.09 Å². The molecule has 22 nitrogen and oxygen atoms in total. The summed E-state index contributed by atoms with van der Waals surface area (Å²) in [6.07, 6.45) is 9.55. The van der Waals surface area contributed by atoms with Gasteiger partial charge in [0.2, 0.25) is 23.6 Å². The van der Waals surface area contributed by atoms with Crippen LogP contribution in [0.5, 0.6) is 0 Å². The number of hydrogen-bond acceptors (Lipinski definition) is 16. The van der Waals surface area contributed by atoms with Crippen LogP contribution >= 0.6 is 11.3 Å². The van der Waals surface area contributed by atoms with Crippen molar-refractivity contribution in [1.82, 2.24) is 46.5 Å². The molecule has 1 aromatic carbocycles. The summed E-state index contributed by atoms with van der Waals surface area (Å²) >= 11 is 1.33. The highest BCUT2D eigenvalue weighted by molar-refractivity contribution is 7.09. The van der Waals surface area contributed by atoms with Crippen molar-refractivity contribution >= 4 is 58.8 Å². The Morgan fingerprint density at radius 1 is 0.798 bits per heavy atom. The van der Waals surface area contributed by atoms with Crippen LogP contribution in [-0.2, 0) is 58.9 Å². The maximum absolute atomic E-state index is 14.8. The third-order valence-corrected chi connectivity index (χ3v) is 16.0. The number of thiazole rings is 1. The minimum atomic E-state index is -0.872. The standard InChI is InChI=1S/C61H97N9O13S/c1-10-27-69(60(77)55(44(7)12-3)65-58(76)49-18-15-17-28-68(49)9)50(42(4)5)40-51(82-30-11-2)59-64-48(41-84-59)57(75)63-47(39-46-22-20-43(6)21-23-46)38-45(8)56(74)66-67-61(78)83-37-36-81-35-34-80-33-32-79-31-26-62-52(71)19-14-13-16-29-70-53(72)24-25-54(70)73/h20-25,41-42,44-45,47,49-51,55H,10-19,26-40H2,1-9H3,(H,62,71)(H,63,75)(H,65,76)(H,66,74)(H,67,78)/t44-,45-,47+,49+,50?,51?,55-/m0/s1. The third-order valence-electron chi connectivity index (χ3n) is 15.0. The first-order chi connectivity index (χ1) is 40.4. The van der Waals surface area contributed by atoms with Gasteiger partial charge in [0.05, 0.1) is 45.7 Å². The van der Waals surface area contributed by atoms with Crippen LogP contribution in [0, 0.1) is 24.7 Å². The molecule has 5 N–H and O–H groups in total. The van der Waals surface area contributed by atoms with E-state index in [9.17, 15) is 38.4 Å². The molecule has 0 bridgehead atoms. The van der Waals surface area contributed by atoms with Crippen LogP contribution in [-0.4, -0.2) is 177 Å². The topological polar surface area (TPSA) is 265 Å². The summed E-state index contributed by atoms with van der Waals surface area (Å²) < 4.78 is 28.1. The van der Waals surface area contributed by atoms with E-state index < -0.39 is 42.0 Å². The molecule has 2 aliphatic rings. The van der Waals surface area contributed by atoms with E-state index in [4.69, 9.17) is 28.7 Å². The molecule has 2 aromatic rings. The summed E-state index contributed by atoms with van der Waals surface area (Å²) in [6, 6.07) is 6.23. The van der Waals surface area contributed by atoms with Crippen LogP contribution in [0.2, 0.25) is 0 Å². The van der Waals surface area contributed by atoms with Gasteiger partial charge in [0.25, 0.3) is 17.7 Å². The van der Waals surface area contributed by atoms with Crippen LogP contribution in [0.25, 0.3) is 0 Å².